The van der Waals surface area contributed by atoms with Crippen LogP contribution in [0.3, 0.4) is 0 Å². The molecule has 0 aliphatic carbocycles. The van der Waals surface area contributed by atoms with Crippen molar-refractivity contribution in [2.75, 3.05) is 25.6 Å². The van der Waals surface area contributed by atoms with E-state index >= 15 is 0 Å². The van der Waals surface area contributed by atoms with Gasteiger partial charge in [-0.15, -0.1) is 0 Å². The zero-order chi connectivity index (χ0) is 31.2. The number of carbonyl (C=O) groups excluding carboxylic acids is 4. The van der Waals surface area contributed by atoms with Gasteiger partial charge in [-0.25, -0.2) is 14.6 Å². The summed E-state index contributed by atoms with van der Waals surface area (Å²) in [5, 5.41) is 2.98. The van der Waals surface area contributed by atoms with Gasteiger partial charge in [-0.1, -0.05) is 42.5 Å². The lowest BCUT2D eigenvalue weighted by atomic mass is 9.91. The fourth-order valence-corrected chi connectivity index (χ4v) is 5.68. The third-order valence-electron chi connectivity index (χ3n) is 6.72. The van der Waals surface area contributed by atoms with E-state index < -0.39 is 29.8 Å². The number of anilines is 1. The molecule has 0 saturated heterocycles. The Hall–Kier alpha value is -5.16. The average Bonchev–Trinajstić information content (AvgIpc) is 3.04. The zero-order valence-corrected chi connectivity index (χ0v) is 25.1. The molecule has 0 saturated carbocycles. The molecule has 2 heterocycles. The van der Waals surface area contributed by atoms with E-state index in [-0.39, 0.29) is 28.9 Å². The lowest BCUT2D eigenvalue weighted by molar-refractivity contribution is -0.139. The van der Waals surface area contributed by atoms with Gasteiger partial charge in [-0.3, -0.25) is 14.5 Å². The number of hydrogen-bond donors (Lipinski definition) is 1. The average molecular weight is 612 g/mol. The molecule has 0 spiro atoms. The summed E-state index contributed by atoms with van der Waals surface area (Å²) >= 11 is 1.01. The number of thioether (sulfide) groups is 1. The quantitative estimate of drug-likeness (QED) is 0.321. The van der Waals surface area contributed by atoms with Crippen molar-refractivity contribution in [1.29, 1.82) is 0 Å². The fourth-order valence-electron chi connectivity index (χ4n) is 4.75. The van der Waals surface area contributed by atoms with E-state index in [1.807, 2.05) is 30.3 Å². The Labute approximate surface area is 258 Å². The highest BCUT2D eigenvalue weighted by atomic mass is 32.2. The van der Waals surface area contributed by atoms with Crippen LogP contribution >= 0.6 is 11.8 Å². The number of carbonyl (C=O) groups is 4. The topological polar surface area (TPSA) is 124 Å². The molecule has 0 unspecified atom stereocenters. The Bertz CT molecular complexity index is 1700. The summed E-state index contributed by atoms with van der Waals surface area (Å²) in [6, 6.07) is 21.5. The molecule has 0 fully saturated rings. The van der Waals surface area contributed by atoms with Gasteiger partial charge >= 0.3 is 11.9 Å². The Morgan fingerprint density at radius 2 is 1.61 bits per heavy atom. The van der Waals surface area contributed by atoms with Crippen molar-refractivity contribution in [2.45, 2.75) is 19.9 Å². The highest BCUT2D eigenvalue weighted by molar-refractivity contribution is 8.18. The normalized spacial score (nSPS) is 15.9. The van der Waals surface area contributed by atoms with E-state index in [2.05, 4.69) is 5.32 Å². The molecule has 1 N–H and O–H groups in total. The van der Waals surface area contributed by atoms with Gasteiger partial charge in [-0.05, 0) is 67.6 Å². The number of nitrogens with one attached hydrogen (secondary N) is 1. The lowest BCUT2D eigenvalue weighted by Crippen LogP contribution is -2.45. The number of benzene rings is 3. The van der Waals surface area contributed by atoms with Gasteiger partial charge in [0.25, 0.3) is 11.8 Å². The summed E-state index contributed by atoms with van der Waals surface area (Å²) in [7, 11) is 1.53. The number of amides is 2. The second kappa shape index (κ2) is 13.4. The molecule has 11 heteroatoms. The third kappa shape index (κ3) is 6.28. The number of esters is 2. The molecule has 3 aromatic carbocycles. The smallest absolute Gasteiger partial charge is 0.338 e. The van der Waals surface area contributed by atoms with Gasteiger partial charge in [-0.2, -0.15) is 0 Å². The highest BCUT2D eigenvalue weighted by Crippen LogP contribution is 2.45. The molecule has 224 valence electrons. The zero-order valence-electron chi connectivity index (χ0n) is 24.2. The number of ether oxygens (including phenoxy) is 3. The van der Waals surface area contributed by atoms with Gasteiger partial charge in [0, 0.05) is 17.3 Å². The van der Waals surface area contributed by atoms with E-state index in [1.54, 1.807) is 62.4 Å². The highest BCUT2D eigenvalue weighted by Gasteiger charge is 2.44. The standard InChI is InChI=1S/C33H29N3O7S/c1-4-42-31(39)21-14-16-23(17-15-21)34-30(38)25-19-26(37)36-29(22-12-9-13-24(18-22)41-3)27(32(40)43-5-2)28(35-33(36)44-25)20-10-7-6-8-11-20/h6-19,29H,4-5H2,1-3H3,(H,34,38)/t29-/m0/s1. The van der Waals surface area contributed by atoms with Crippen molar-refractivity contribution in [3.8, 4) is 5.75 Å². The van der Waals surface area contributed by atoms with E-state index in [0.29, 0.717) is 33.8 Å². The van der Waals surface area contributed by atoms with Crippen LogP contribution in [0, 0.1) is 0 Å². The lowest BCUT2D eigenvalue weighted by Gasteiger charge is -2.38. The van der Waals surface area contributed by atoms with Crippen LogP contribution in [0.2, 0.25) is 0 Å². The molecule has 44 heavy (non-hydrogen) atoms. The van der Waals surface area contributed by atoms with Crippen LogP contribution in [-0.2, 0) is 23.9 Å². The van der Waals surface area contributed by atoms with Crippen molar-refractivity contribution >= 4 is 52.1 Å². The largest absolute Gasteiger partial charge is 0.497 e. The summed E-state index contributed by atoms with van der Waals surface area (Å²) in [4.78, 5) is 58.9. The molecule has 2 aliphatic heterocycles. The van der Waals surface area contributed by atoms with Crippen LogP contribution < -0.4 is 10.1 Å². The minimum atomic E-state index is -0.914. The predicted octanol–water partition coefficient (Wildman–Crippen LogP) is 5.36. The number of hydrogen-bond acceptors (Lipinski definition) is 9. The molecular formula is C33H29N3O7S. The predicted molar refractivity (Wildman–Crippen MR) is 167 cm³/mol. The van der Waals surface area contributed by atoms with Gasteiger partial charge in [0.2, 0.25) is 0 Å². The minimum absolute atomic E-state index is 0.107. The molecule has 1 atom stereocenters. The first-order valence-corrected chi connectivity index (χ1v) is 14.7. The van der Waals surface area contributed by atoms with E-state index in [0.717, 1.165) is 11.8 Å². The summed E-state index contributed by atoms with van der Waals surface area (Å²) in [5.41, 5.74) is 2.54. The molecule has 2 amide bonds. The van der Waals surface area contributed by atoms with Crippen LogP contribution in [-0.4, -0.2) is 54.1 Å². The summed E-state index contributed by atoms with van der Waals surface area (Å²) in [6.45, 7) is 3.80. The maximum absolute atomic E-state index is 13.8. The number of aliphatic imine (C=N–C) groups is 1. The minimum Gasteiger partial charge on any atom is -0.497 e. The summed E-state index contributed by atoms with van der Waals surface area (Å²) in [5.74, 6) is -1.61. The van der Waals surface area contributed by atoms with Crippen molar-refractivity contribution in [3.05, 3.63) is 112 Å². The Balaban J connectivity index is 1.55. The number of amidine groups is 1. The third-order valence-corrected chi connectivity index (χ3v) is 7.72. The van der Waals surface area contributed by atoms with Crippen LogP contribution in [0.5, 0.6) is 5.75 Å². The van der Waals surface area contributed by atoms with Crippen molar-refractivity contribution in [2.24, 2.45) is 4.99 Å². The SMILES string of the molecule is CCOC(=O)C1=C(c2ccccc2)N=C2SC(C(=O)Nc3ccc(C(=O)OCC)cc3)=CC(=O)N2[C@H]1c1cccc(OC)c1. The van der Waals surface area contributed by atoms with Gasteiger partial charge in [0.15, 0.2) is 5.17 Å². The van der Waals surface area contributed by atoms with Crippen LogP contribution in [0.25, 0.3) is 5.70 Å². The maximum Gasteiger partial charge on any atom is 0.338 e. The first-order valence-electron chi connectivity index (χ1n) is 13.8. The van der Waals surface area contributed by atoms with Gasteiger partial charge in [0.1, 0.15) is 5.75 Å². The van der Waals surface area contributed by atoms with Crippen molar-refractivity contribution in [1.82, 2.24) is 4.90 Å². The molecule has 0 bridgehead atoms. The molecule has 3 aromatic rings. The molecule has 5 rings (SSSR count). The fraction of sp³-hybridized carbons (Fsp3) is 0.182. The van der Waals surface area contributed by atoms with Crippen LogP contribution in [0.15, 0.2) is 100 Å². The summed E-state index contributed by atoms with van der Waals surface area (Å²) < 4.78 is 15.9. The van der Waals surface area contributed by atoms with Gasteiger partial charge in [0.05, 0.1) is 48.1 Å². The summed E-state index contributed by atoms with van der Waals surface area (Å²) in [6.07, 6.45) is 1.22. The monoisotopic (exact) mass is 611 g/mol. The molecule has 10 nitrogen and oxygen atoms in total. The second-order valence-corrected chi connectivity index (χ2v) is 10.5. The molecule has 2 aliphatic rings. The van der Waals surface area contributed by atoms with E-state index in [4.69, 9.17) is 19.2 Å². The number of fused-ring (bicyclic) bond motifs is 1. The van der Waals surface area contributed by atoms with Crippen molar-refractivity contribution < 1.29 is 33.4 Å². The number of rotatable bonds is 9. The van der Waals surface area contributed by atoms with Gasteiger partial charge < -0.3 is 19.5 Å². The Kier molecular flexibility index (Phi) is 9.25. The van der Waals surface area contributed by atoms with Crippen LogP contribution in [0.4, 0.5) is 5.69 Å². The van der Waals surface area contributed by atoms with E-state index in [1.165, 1.54) is 18.1 Å². The first kappa shape index (κ1) is 30.3. The van der Waals surface area contributed by atoms with E-state index in [9.17, 15) is 19.2 Å². The molecular weight excluding hydrogens is 582 g/mol. The van der Waals surface area contributed by atoms with Crippen LogP contribution in [0.1, 0.15) is 41.4 Å². The number of methoxy groups -OCH3 is 1. The second-order valence-electron chi connectivity index (χ2n) is 9.49. The molecule has 0 radical (unpaired) electrons. The Morgan fingerprint density at radius 1 is 0.909 bits per heavy atom. The molecule has 0 aromatic heterocycles. The number of nitrogens with zero attached hydrogens (tertiary/aromatic N) is 2. The van der Waals surface area contributed by atoms with Crippen molar-refractivity contribution in [3.63, 3.8) is 0 Å². The first-order chi connectivity index (χ1) is 21.3. The maximum atomic E-state index is 13.8. The Morgan fingerprint density at radius 3 is 2.30 bits per heavy atom.